The summed E-state index contributed by atoms with van der Waals surface area (Å²) in [4.78, 5) is 0. The normalized spacial score (nSPS) is 11.4. The lowest BCUT2D eigenvalue weighted by molar-refractivity contribution is 0.188. The highest BCUT2D eigenvalue weighted by Crippen LogP contribution is 1.94. The second-order valence-electron chi connectivity index (χ2n) is 2.38. The molecule has 0 aliphatic rings. The van der Waals surface area contributed by atoms with Gasteiger partial charge in [-0.25, -0.2) is 5.11 Å². The van der Waals surface area contributed by atoms with Crippen molar-refractivity contribution in [2.75, 3.05) is 13.2 Å². The Morgan fingerprint density at radius 1 is 1.40 bits per heavy atom. The molecule has 61 valence electrons. The molecule has 0 aromatic carbocycles. The van der Waals surface area contributed by atoms with Gasteiger partial charge in [-0.1, -0.05) is 13.3 Å². The first-order valence-corrected chi connectivity index (χ1v) is 5.65. The molecular weight excluding hydrogens is 144 g/mol. The van der Waals surface area contributed by atoms with Crippen LogP contribution >= 0.6 is 0 Å². The predicted molar refractivity (Wildman–Crippen MR) is 44.4 cm³/mol. The first kappa shape index (κ1) is 10.1. The monoisotopic (exact) mass is 161 g/mol. The van der Waals surface area contributed by atoms with E-state index in [2.05, 4.69) is 6.92 Å². The van der Waals surface area contributed by atoms with Gasteiger partial charge in [0.05, 0.1) is 6.61 Å². The molecule has 2 nitrogen and oxygen atoms in total. The SMILES string of the molecule is CCCO[SiH2]CCCC[O]. The molecule has 0 bridgehead atoms. The van der Waals surface area contributed by atoms with Crippen molar-refractivity contribution in [3.63, 3.8) is 0 Å². The van der Waals surface area contributed by atoms with Crippen LogP contribution in [0, 0.1) is 0 Å². The summed E-state index contributed by atoms with van der Waals surface area (Å²) >= 11 is 0. The van der Waals surface area contributed by atoms with Crippen LogP contribution in [0.5, 0.6) is 0 Å². The van der Waals surface area contributed by atoms with E-state index in [1.165, 1.54) is 6.04 Å². The molecule has 0 aliphatic heterocycles. The van der Waals surface area contributed by atoms with Crippen molar-refractivity contribution in [3.8, 4) is 0 Å². The summed E-state index contributed by atoms with van der Waals surface area (Å²) in [6, 6.07) is 1.18. The van der Waals surface area contributed by atoms with Crippen LogP contribution in [0.4, 0.5) is 0 Å². The minimum atomic E-state index is -0.259. The molecule has 0 spiro atoms. The summed E-state index contributed by atoms with van der Waals surface area (Å²) in [5.74, 6) is 0. The maximum absolute atomic E-state index is 9.99. The predicted octanol–water partition coefficient (Wildman–Crippen LogP) is 1.13. The average molecular weight is 161 g/mol. The fraction of sp³-hybridized carbons (Fsp3) is 1.00. The van der Waals surface area contributed by atoms with Crippen LogP contribution in [-0.4, -0.2) is 23.0 Å². The van der Waals surface area contributed by atoms with Crippen molar-refractivity contribution < 1.29 is 9.53 Å². The van der Waals surface area contributed by atoms with E-state index in [1.54, 1.807) is 0 Å². The second kappa shape index (κ2) is 9.14. The molecule has 0 aliphatic carbocycles. The zero-order valence-corrected chi connectivity index (χ0v) is 8.18. The molecule has 0 aromatic rings. The largest absolute Gasteiger partial charge is 0.424 e. The minimum Gasteiger partial charge on any atom is -0.424 e. The van der Waals surface area contributed by atoms with Gasteiger partial charge in [0.2, 0.25) is 0 Å². The van der Waals surface area contributed by atoms with E-state index in [-0.39, 0.29) is 16.4 Å². The van der Waals surface area contributed by atoms with Gasteiger partial charge >= 0.3 is 0 Å². The van der Waals surface area contributed by atoms with Gasteiger partial charge in [-0.15, -0.1) is 0 Å². The maximum Gasteiger partial charge on any atom is 0.161 e. The molecule has 0 atom stereocenters. The van der Waals surface area contributed by atoms with E-state index in [0.717, 1.165) is 25.9 Å². The third-order valence-corrected chi connectivity index (χ3v) is 2.65. The van der Waals surface area contributed by atoms with Crippen LogP contribution in [0.15, 0.2) is 0 Å². The van der Waals surface area contributed by atoms with Crippen LogP contribution < -0.4 is 0 Å². The summed E-state index contributed by atoms with van der Waals surface area (Å²) < 4.78 is 5.37. The Kier molecular flexibility index (Phi) is 9.26. The Bertz CT molecular complexity index is 51.6. The fourth-order valence-corrected chi connectivity index (χ4v) is 1.98. The van der Waals surface area contributed by atoms with Crippen LogP contribution in [0.1, 0.15) is 26.2 Å². The number of hydrogen-bond donors (Lipinski definition) is 0. The van der Waals surface area contributed by atoms with Crippen LogP contribution in [0.3, 0.4) is 0 Å². The fourth-order valence-electron chi connectivity index (χ4n) is 0.729. The zero-order valence-electron chi connectivity index (χ0n) is 6.77. The van der Waals surface area contributed by atoms with Gasteiger partial charge in [-0.3, -0.25) is 0 Å². The van der Waals surface area contributed by atoms with Crippen molar-refractivity contribution in [1.82, 2.24) is 0 Å². The summed E-state index contributed by atoms with van der Waals surface area (Å²) in [5, 5.41) is 9.99. The van der Waals surface area contributed by atoms with Gasteiger partial charge in [-0.2, -0.15) is 0 Å². The Hall–Kier alpha value is 0.137. The van der Waals surface area contributed by atoms with Crippen molar-refractivity contribution in [3.05, 3.63) is 0 Å². The third kappa shape index (κ3) is 8.14. The lowest BCUT2D eigenvalue weighted by atomic mass is 10.4. The zero-order chi connectivity index (χ0) is 7.66. The Balaban J connectivity index is 2.65. The molecule has 0 saturated carbocycles. The van der Waals surface area contributed by atoms with Gasteiger partial charge < -0.3 is 4.43 Å². The van der Waals surface area contributed by atoms with Crippen molar-refractivity contribution in [1.29, 1.82) is 0 Å². The topological polar surface area (TPSA) is 29.1 Å². The minimum absolute atomic E-state index is 0.0855. The lowest BCUT2D eigenvalue weighted by Gasteiger charge is -1.99. The number of rotatable bonds is 7. The van der Waals surface area contributed by atoms with Gasteiger partial charge in [0.1, 0.15) is 0 Å². The summed E-state index contributed by atoms with van der Waals surface area (Å²) in [6.07, 6.45) is 3.04. The van der Waals surface area contributed by atoms with Gasteiger partial charge in [0.25, 0.3) is 0 Å². The molecule has 0 amide bonds. The van der Waals surface area contributed by atoms with Crippen molar-refractivity contribution in [2.24, 2.45) is 0 Å². The first-order valence-electron chi connectivity index (χ1n) is 4.07. The average Bonchev–Trinajstić information content (AvgIpc) is 1.97. The molecule has 0 N–H and O–H groups in total. The lowest BCUT2D eigenvalue weighted by Crippen LogP contribution is -1.99. The molecule has 0 rings (SSSR count). The van der Waals surface area contributed by atoms with Gasteiger partial charge in [-0.05, 0) is 18.9 Å². The van der Waals surface area contributed by atoms with Crippen LogP contribution in [0.2, 0.25) is 6.04 Å². The Morgan fingerprint density at radius 2 is 2.20 bits per heavy atom. The van der Waals surface area contributed by atoms with E-state index >= 15 is 0 Å². The first-order chi connectivity index (χ1) is 4.91. The second-order valence-corrected chi connectivity index (χ2v) is 3.90. The highest BCUT2D eigenvalue weighted by molar-refractivity contribution is 6.26. The highest BCUT2D eigenvalue weighted by atomic mass is 28.2. The standard InChI is InChI=1S/C7H17O2Si/c1-2-6-9-10-7-4-3-5-8/h2-7,10H2,1H3. The summed E-state index contributed by atoms with van der Waals surface area (Å²) in [5.41, 5.74) is 0. The summed E-state index contributed by atoms with van der Waals surface area (Å²) in [6.45, 7) is 3.12. The van der Waals surface area contributed by atoms with E-state index in [0.29, 0.717) is 0 Å². The third-order valence-electron chi connectivity index (χ3n) is 1.28. The van der Waals surface area contributed by atoms with E-state index in [9.17, 15) is 5.11 Å². The van der Waals surface area contributed by atoms with Crippen LogP contribution in [0.25, 0.3) is 0 Å². The number of unbranched alkanes of at least 4 members (excludes halogenated alkanes) is 1. The molecule has 1 radical (unpaired) electrons. The quantitative estimate of drug-likeness (QED) is 0.406. The molecule has 0 unspecified atom stereocenters. The maximum atomic E-state index is 9.99. The molecule has 0 fully saturated rings. The summed E-state index contributed by atoms with van der Waals surface area (Å²) in [7, 11) is -0.259. The van der Waals surface area contributed by atoms with Crippen molar-refractivity contribution >= 4 is 9.76 Å². The molecule has 0 saturated heterocycles. The molecule has 0 heterocycles. The Labute approximate surface area is 65.5 Å². The smallest absolute Gasteiger partial charge is 0.161 e. The van der Waals surface area contributed by atoms with Gasteiger partial charge in [0.15, 0.2) is 9.76 Å². The van der Waals surface area contributed by atoms with E-state index in [1.807, 2.05) is 0 Å². The molecule has 10 heavy (non-hydrogen) atoms. The van der Waals surface area contributed by atoms with Gasteiger partial charge in [0, 0.05) is 6.61 Å². The number of hydrogen-bond acceptors (Lipinski definition) is 1. The molecule has 0 aromatic heterocycles. The highest BCUT2D eigenvalue weighted by Gasteiger charge is 1.89. The molecule has 3 heteroatoms. The van der Waals surface area contributed by atoms with E-state index in [4.69, 9.17) is 4.43 Å². The van der Waals surface area contributed by atoms with Crippen LogP contribution in [-0.2, 0) is 9.53 Å². The van der Waals surface area contributed by atoms with Crippen molar-refractivity contribution in [2.45, 2.75) is 32.2 Å². The Morgan fingerprint density at radius 3 is 2.80 bits per heavy atom. The van der Waals surface area contributed by atoms with E-state index < -0.39 is 0 Å². The molecular formula is C7H17O2Si.